The number of ether oxygens (including phenoxy) is 6. The smallest absolute Gasteiger partial charge is 0.330 e. The van der Waals surface area contributed by atoms with Gasteiger partial charge in [-0.05, 0) is 110 Å². The third-order valence-corrected chi connectivity index (χ3v) is 8.28. The van der Waals surface area contributed by atoms with Gasteiger partial charge in [0.15, 0.2) is 0 Å². The van der Waals surface area contributed by atoms with Gasteiger partial charge >= 0.3 is 35.8 Å². The van der Waals surface area contributed by atoms with Crippen LogP contribution < -0.4 is 0 Å². The highest BCUT2D eigenvalue weighted by atomic mass is 16.5. The summed E-state index contributed by atoms with van der Waals surface area (Å²) in [6, 6.07) is 0. The standard InChI is InChI=1S/C42H54O12/c1-49-37(43)25-13-7-19-31-32(20-8-14-26-38(44)50-2)34(22-10-16-28-40(46)52-4)36(24-12-18-30-42(48)54-6)35(23-11-17-29-41(47)53-5)33(31)21-9-15-27-39(45)51-3/h13-18,25-30H,7-12,19-24H2,1-6H3/b25-13+,26-14+,27-15+,28-16+,29-17+,30-18+. The van der Waals surface area contributed by atoms with Crippen molar-refractivity contribution < 1.29 is 57.2 Å². The Morgan fingerprint density at radius 1 is 0.296 bits per heavy atom. The summed E-state index contributed by atoms with van der Waals surface area (Å²) in [7, 11) is 7.88. The summed E-state index contributed by atoms with van der Waals surface area (Å²) < 4.78 is 28.7. The minimum Gasteiger partial charge on any atom is -0.466 e. The Morgan fingerprint density at radius 2 is 0.426 bits per heavy atom. The Morgan fingerprint density at radius 3 is 0.537 bits per heavy atom. The predicted molar refractivity (Wildman–Crippen MR) is 203 cm³/mol. The first-order chi connectivity index (χ1) is 26.1. The number of carbonyl (C=O) groups excluding carboxylic acids is 6. The second-order valence-corrected chi connectivity index (χ2v) is 11.7. The lowest BCUT2D eigenvalue weighted by Gasteiger charge is -2.27. The maximum atomic E-state index is 11.9. The summed E-state index contributed by atoms with van der Waals surface area (Å²) in [5.74, 6) is -2.82. The van der Waals surface area contributed by atoms with E-state index < -0.39 is 35.8 Å². The molecule has 0 aliphatic heterocycles. The van der Waals surface area contributed by atoms with Gasteiger partial charge in [0.05, 0.1) is 42.7 Å². The van der Waals surface area contributed by atoms with Crippen LogP contribution in [0.15, 0.2) is 72.9 Å². The zero-order valence-corrected chi connectivity index (χ0v) is 32.3. The average Bonchev–Trinajstić information content (AvgIpc) is 3.18. The van der Waals surface area contributed by atoms with Crippen molar-refractivity contribution in [3.8, 4) is 0 Å². The van der Waals surface area contributed by atoms with E-state index in [2.05, 4.69) is 0 Å². The van der Waals surface area contributed by atoms with Gasteiger partial charge in [-0.2, -0.15) is 0 Å². The molecule has 0 atom stereocenters. The third-order valence-electron chi connectivity index (χ3n) is 8.28. The first kappa shape index (κ1) is 46.5. The van der Waals surface area contributed by atoms with Gasteiger partial charge in [0.1, 0.15) is 0 Å². The molecule has 1 rings (SSSR count). The van der Waals surface area contributed by atoms with Crippen LogP contribution in [0.25, 0.3) is 0 Å². The average molecular weight is 751 g/mol. The molecule has 1 aromatic rings. The lowest BCUT2D eigenvalue weighted by Crippen LogP contribution is -2.15. The summed E-state index contributed by atoms with van der Waals surface area (Å²) in [5, 5.41) is 0. The van der Waals surface area contributed by atoms with Crippen molar-refractivity contribution in [1.82, 2.24) is 0 Å². The molecule has 1 aromatic carbocycles. The van der Waals surface area contributed by atoms with E-state index in [1.807, 2.05) is 0 Å². The van der Waals surface area contributed by atoms with E-state index in [4.69, 9.17) is 28.4 Å². The van der Waals surface area contributed by atoms with Crippen LogP contribution in [0.3, 0.4) is 0 Å². The van der Waals surface area contributed by atoms with Crippen molar-refractivity contribution in [2.45, 2.75) is 77.0 Å². The van der Waals surface area contributed by atoms with E-state index >= 15 is 0 Å². The van der Waals surface area contributed by atoms with Gasteiger partial charge in [-0.25, -0.2) is 28.8 Å². The molecule has 0 spiro atoms. The molecule has 0 fully saturated rings. The molecule has 0 aliphatic rings. The van der Waals surface area contributed by atoms with E-state index in [0.717, 1.165) is 33.4 Å². The first-order valence-corrected chi connectivity index (χ1v) is 17.7. The third kappa shape index (κ3) is 18.3. The number of allylic oxidation sites excluding steroid dienone is 6. The van der Waals surface area contributed by atoms with E-state index in [0.29, 0.717) is 77.0 Å². The van der Waals surface area contributed by atoms with Crippen molar-refractivity contribution in [2.75, 3.05) is 42.7 Å². The molecule has 0 saturated carbocycles. The molecule has 12 nitrogen and oxygen atoms in total. The molecule has 0 heterocycles. The van der Waals surface area contributed by atoms with Crippen LogP contribution in [-0.4, -0.2) is 78.5 Å². The van der Waals surface area contributed by atoms with Crippen LogP contribution in [-0.2, 0) is 95.7 Å². The van der Waals surface area contributed by atoms with Gasteiger partial charge < -0.3 is 28.4 Å². The van der Waals surface area contributed by atoms with Crippen molar-refractivity contribution in [1.29, 1.82) is 0 Å². The SMILES string of the molecule is COC(=O)/C=C/CCc1c(CC/C=C/C(=O)OC)c(CC/C=C/C(=O)OC)c(CC/C=C/C(=O)OC)c(CC/C=C/C(=O)OC)c1CC/C=C/C(=O)OC. The largest absolute Gasteiger partial charge is 0.466 e. The quantitative estimate of drug-likeness (QED) is 0.0727. The van der Waals surface area contributed by atoms with E-state index in [1.54, 1.807) is 36.5 Å². The molecule has 12 heteroatoms. The number of hydrogen-bond acceptors (Lipinski definition) is 12. The molecular weight excluding hydrogens is 696 g/mol. The van der Waals surface area contributed by atoms with Crippen LogP contribution in [0.2, 0.25) is 0 Å². The Bertz CT molecular complexity index is 1270. The summed E-state index contributed by atoms with van der Waals surface area (Å²) in [5.41, 5.74) is 6.39. The second kappa shape index (κ2) is 28.0. The molecular formula is C42H54O12. The Labute approximate surface area is 318 Å². The van der Waals surface area contributed by atoms with Crippen molar-refractivity contribution in [2.24, 2.45) is 0 Å². The number of benzene rings is 1. The summed E-state index contributed by atoms with van der Waals surface area (Å²) in [4.78, 5) is 71.5. The van der Waals surface area contributed by atoms with Crippen LogP contribution in [0.1, 0.15) is 71.9 Å². The number of rotatable bonds is 24. The van der Waals surface area contributed by atoms with Gasteiger partial charge in [-0.1, -0.05) is 36.5 Å². The number of carbonyl (C=O) groups is 6. The van der Waals surface area contributed by atoms with Crippen LogP contribution >= 0.6 is 0 Å². The summed E-state index contributed by atoms with van der Waals surface area (Å²) >= 11 is 0. The van der Waals surface area contributed by atoms with Crippen LogP contribution in [0, 0.1) is 0 Å². The summed E-state index contributed by atoms with van der Waals surface area (Å²) in [6.07, 6.45) is 25.3. The molecule has 294 valence electrons. The van der Waals surface area contributed by atoms with Crippen LogP contribution in [0.5, 0.6) is 0 Å². The topological polar surface area (TPSA) is 158 Å². The fourth-order valence-corrected chi connectivity index (χ4v) is 5.76. The number of methoxy groups -OCH3 is 6. The van der Waals surface area contributed by atoms with Crippen molar-refractivity contribution in [3.05, 3.63) is 106 Å². The minimum atomic E-state index is -0.470. The molecule has 0 radical (unpaired) electrons. The molecule has 54 heavy (non-hydrogen) atoms. The zero-order chi connectivity index (χ0) is 40.1. The fourth-order valence-electron chi connectivity index (χ4n) is 5.76. The van der Waals surface area contributed by atoms with Gasteiger partial charge in [0.25, 0.3) is 0 Å². The first-order valence-electron chi connectivity index (χ1n) is 17.7. The minimum absolute atomic E-state index is 0.470. The number of esters is 6. The molecule has 0 bridgehead atoms. The fraction of sp³-hybridized carbons (Fsp3) is 0.429. The molecule has 0 aromatic heterocycles. The molecule has 0 saturated heterocycles. The van der Waals surface area contributed by atoms with E-state index in [9.17, 15) is 28.8 Å². The van der Waals surface area contributed by atoms with Gasteiger partial charge in [0, 0.05) is 36.5 Å². The van der Waals surface area contributed by atoms with Gasteiger partial charge in [0.2, 0.25) is 0 Å². The monoisotopic (exact) mass is 750 g/mol. The van der Waals surface area contributed by atoms with Gasteiger partial charge in [-0.3, -0.25) is 0 Å². The highest BCUT2D eigenvalue weighted by molar-refractivity contribution is 5.83. The molecule has 0 N–H and O–H groups in total. The Kier molecular flexibility index (Phi) is 24.1. The lowest BCUT2D eigenvalue weighted by atomic mass is 9.78. The van der Waals surface area contributed by atoms with Crippen LogP contribution in [0.4, 0.5) is 0 Å². The zero-order valence-electron chi connectivity index (χ0n) is 32.3. The Hall–Kier alpha value is -5.52. The highest BCUT2D eigenvalue weighted by Crippen LogP contribution is 2.35. The predicted octanol–water partition coefficient (Wildman–Crippen LogP) is 5.66. The molecule has 0 unspecified atom stereocenters. The van der Waals surface area contributed by atoms with E-state index in [1.165, 1.54) is 79.1 Å². The van der Waals surface area contributed by atoms with Crippen molar-refractivity contribution in [3.63, 3.8) is 0 Å². The van der Waals surface area contributed by atoms with Gasteiger partial charge in [-0.15, -0.1) is 0 Å². The number of hydrogen-bond donors (Lipinski definition) is 0. The normalized spacial score (nSPS) is 11.7. The highest BCUT2D eigenvalue weighted by Gasteiger charge is 2.22. The maximum Gasteiger partial charge on any atom is 0.330 e. The maximum absolute atomic E-state index is 11.9. The summed E-state index contributed by atoms with van der Waals surface area (Å²) in [6.45, 7) is 0. The molecule has 0 aliphatic carbocycles. The Balaban J connectivity index is 4.21. The van der Waals surface area contributed by atoms with E-state index in [-0.39, 0.29) is 0 Å². The lowest BCUT2D eigenvalue weighted by molar-refractivity contribution is -0.135. The second-order valence-electron chi connectivity index (χ2n) is 11.7. The van der Waals surface area contributed by atoms with Crippen molar-refractivity contribution >= 4 is 35.8 Å². The molecule has 0 amide bonds.